The van der Waals surface area contributed by atoms with Gasteiger partial charge in [0.15, 0.2) is 5.82 Å². The molecule has 4 nitrogen and oxygen atoms in total. The molecule has 18 heavy (non-hydrogen) atoms. The highest BCUT2D eigenvalue weighted by atomic mass is 15.3. The van der Waals surface area contributed by atoms with E-state index in [1.54, 1.807) is 6.20 Å². The van der Waals surface area contributed by atoms with Crippen molar-refractivity contribution in [3.8, 4) is 6.07 Å². The Bertz CT molecular complexity index is 568. The van der Waals surface area contributed by atoms with Crippen LogP contribution in [0.25, 0.3) is 10.8 Å². The highest BCUT2D eigenvalue weighted by Gasteiger charge is 2.13. The van der Waals surface area contributed by atoms with E-state index in [0.29, 0.717) is 6.54 Å². The molecule has 92 valence electrons. The number of rotatable bonds is 4. The van der Waals surface area contributed by atoms with Gasteiger partial charge in [-0.05, 0) is 13.8 Å². The van der Waals surface area contributed by atoms with Gasteiger partial charge in [0.1, 0.15) is 0 Å². The van der Waals surface area contributed by atoms with Crippen LogP contribution in [0.5, 0.6) is 0 Å². The molecule has 0 spiro atoms. The van der Waals surface area contributed by atoms with Gasteiger partial charge in [-0.25, -0.2) is 0 Å². The fourth-order valence-electron chi connectivity index (χ4n) is 1.98. The number of nitriles is 1. The van der Waals surface area contributed by atoms with Crippen molar-refractivity contribution in [2.75, 3.05) is 18.0 Å². The summed E-state index contributed by atoms with van der Waals surface area (Å²) in [5.41, 5.74) is 0. The van der Waals surface area contributed by atoms with Gasteiger partial charge in [-0.15, -0.1) is 5.10 Å². The molecule has 0 radical (unpaired) electrons. The van der Waals surface area contributed by atoms with Crippen molar-refractivity contribution in [2.45, 2.75) is 13.8 Å². The molecular weight excluding hydrogens is 224 g/mol. The third-order valence-corrected chi connectivity index (χ3v) is 2.95. The van der Waals surface area contributed by atoms with Crippen LogP contribution in [0.2, 0.25) is 0 Å². The van der Waals surface area contributed by atoms with Crippen LogP contribution in [0.4, 0.5) is 5.82 Å². The Morgan fingerprint density at radius 1 is 1.39 bits per heavy atom. The summed E-state index contributed by atoms with van der Waals surface area (Å²) in [4.78, 5) is 2.10. The number of hydrogen-bond donors (Lipinski definition) is 0. The topological polar surface area (TPSA) is 52.8 Å². The second kappa shape index (κ2) is 5.46. The zero-order valence-corrected chi connectivity index (χ0v) is 10.7. The van der Waals surface area contributed by atoms with Crippen LogP contribution in [0, 0.1) is 17.2 Å². The van der Waals surface area contributed by atoms with E-state index >= 15 is 0 Å². The summed E-state index contributed by atoms with van der Waals surface area (Å²) in [5.74, 6) is 0.836. The van der Waals surface area contributed by atoms with Crippen molar-refractivity contribution in [3.05, 3.63) is 30.5 Å². The van der Waals surface area contributed by atoms with Crippen LogP contribution in [-0.4, -0.2) is 23.3 Å². The smallest absolute Gasteiger partial charge is 0.159 e. The maximum Gasteiger partial charge on any atom is 0.159 e. The second-order valence-corrected chi connectivity index (χ2v) is 4.32. The van der Waals surface area contributed by atoms with E-state index in [1.807, 2.05) is 31.2 Å². The molecule has 1 atom stereocenters. The van der Waals surface area contributed by atoms with Gasteiger partial charge in [0.05, 0.1) is 18.2 Å². The molecule has 1 aromatic heterocycles. The summed E-state index contributed by atoms with van der Waals surface area (Å²) in [6.07, 6.45) is 1.76. The standard InChI is InChI=1S/C14H16N4/c1-3-18(10-11(2)8-15)14-13-7-5-4-6-12(13)9-16-17-14/h4-7,9,11H,3,10H2,1-2H3. The van der Waals surface area contributed by atoms with Crippen molar-refractivity contribution in [2.24, 2.45) is 5.92 Å². The summed E-state index contributed by atoms with van der Waals surface area (Å²) < 4.78 is 0. The Morgan fingerprint density at radius 3 is 2.89 bits per heavy atom. The predicted molar refractivity (Wildman–Crippen MR) is 72.2 cm³/mol. The maximum absolute atomic E-state index is 8.93. The number of benzene rings is 1. The molecule has 0 bridgehead atoms. The first kappa shape index (κ1) is 12.3. The number of anilines is 1. The van der Waals surface area contributed by atoms with Gasteiger partial charge in [-0.3, -0.25) is 0 Å². The SMILES string of the molecule is CCN(CC(C)C#N)c1nncc2ccccc12. The Labute approximate surface area is 107 Å². The molecular formula is C14H16N4. The average Bonchev–Trinajstić information content (AvgIpc) is 2.44. The first-order chi connectivity index (χ1) is 8.76. The molecule has 2 rings (SSSR count). The van der Waals surface area contributed by atoms with E-state index in [9.17, 15) is 0 Å². The zero-order valence-electron chi connectivity index (χ0n) is 10.7. The highest BCUT2D eigenvalue weighted by Crippen LogP contribution is 2.23. The monoisotopic (exact) mass is 240 g/mol. The molecule has 0 aliphatic rings. The minimum atomic E-state index is -0.0225. The molecule has 0 aliphatic carbocycles. The summed E-state index contributed by atoms with van der Waals surface area (Å²) in [6.45, 7) is 5.47. The molecule has 0 saturated heterocycles. The predicted octanol–water partition coefficient (Wildman–Crippen LogP) is 2.62. The van der Waals surface area contributed by atoms with Crippen LogP contribution in [0.3, 0.4) is 0 Å². The Balaban J connectivity index is 2.42. The first-order valence-corrected chi connectivity index (χ1v) is 6.11. The number of nitrogens with zero attached hydrogens (tertiary/aromatic N) is 4. The van der Waals surface area contributed by atoms with Gasteiger partial charge in [-0.1, -0.05) is 24.3 Å². The lowest BCUT2D eigenvalue weighted by atomic mass is 10.1. The van der Waals surface area contributed by atoms with Crippen LogP contribution in [0.15, 0.2) is 30.5 Å². The van der Waals surface area contributed by atoms with E-state index < -0.39 is 0 Å². The van der Waals surface area contributed by atoms with Gasteiger partial charge in [-0.2, -0.15) is 10.4 Å². The number of fused-ring (bicyclic) bond motifs is 1. The van der Waals surface area contributed by atoms with Gasteiger partial charge < -0.3 is 4.90 Å². The third kappa shape index (κ3) is 2.40. The van der Waals surface area contributed by atoms with E-state index in [1.165, 1.54) is 0 Å². The maximum atomic E-state index is 8.93. The molecule has 1 heterocycles. The van der Waals surface area contributed by atoms with Crippen molar-refractivity contribution >= 4 is 16.6 Å². The molecule has 4 heteroatoms. The van der Waals surface area contributed by atoms with Crippen molar-refractivity contribution in [1.82, 2.24) is 10.2 Å². The van der Waals surface area contributed by atoms with Crippen molar-refractivity contribution in [1.29, 1.82) is 5.26 Å². The van der Waals surface area contributed by atoms with Gasteiger partial charge >= 0.3 is 0 Å². The molecule has 0 fully saturated rings. The van der Waals surface area contributed by atoms with Crippen molar-refractivity contribution in [3.63, 3.8) is 0 Å². The quantitative estimate of drug-likeness (QED) is 0.824. The average molecular weight is 240 g/mol. The molecule has 0 amide bonds. The molecule has 1 unspecified atom stereocenters. The van der Waals surface area contributed by atoms with E-state index in [2.05, 4.69) is 28.1 Å². The van der Waals surface area contributed by atoms with E-state index in [4.69, 9.17) is 5.26 Å². The number of hydrogen-bond acceptors (Lipinski definition) is 4. The normalized spacial score (nSPS) is 12.1. The molecule has 2 aromatic rings. The number of aromatic nitrogens is 2. The minimum Gasteiger partial charge on any atom is -0.354 e. The fourth-order valence-corrected chi connectivity index (χ4v) is 1.98. The zero-order chi connectivity index (χ0) is 13.0. The van der Waals surface area contributed by atoms with Gasteiger partial charge in [0, 0.05) is 23.9 Å². The lowest BCUT2D eigenvalue weighted by Crippen LogP contribution is -2.29. The van der Waals surface area contributed by atoms with Crippen LogP contribution < -0.4 is 4.90 Å². The second-order valence-electron chi connectivity index (χ2n) is 4.32. The lowest BCUT2D eigenvalue weighted by molar-refractivity contribution is 0.677. The summed E-state index contributed by atoms with van der Waals surface area (Å²) >= 11 is 0. The Kier molecular flexibility index (Phi) is 3.73. The molecule has 0 N–H and O–H groups in total. The lowest BCUT2D eigenvalue weighted by Gasteiger charge is -2.23. The molecule has 0 aliphatic heterocycles. The van der Waals surface area contributed by atoms with Crippen molar-refractivity contribution < 1.29 is 0 Å². The van der Waals surface area contributed by atoms with E-state index in [-0.39, 0.29) is 5.92 Å². The minimum absolute atomic E-state index is 0.0225. The van der Waals surface area contributed by atoms with Gasteiger partial charge in [0.25, 0.3) is 0 Å². The van der Waals surface area contributed by atoms with E-state index in [0.717, 1.165) is 23.1 Å². The Hall–Kier alpha value is -2.15. The summed E-state index contributed by atoms with van der Waals surface area (Å²) in [6, 6.07) is 10.3. The third-order valence-electron chi connectivity index (χ3n) is 2.95. The first-order valence-electron chi connectivity index (χ1n) is 6.11. The summed E-state index contributed by atoms with van der Waals surface area (Å²) in [5, 5.41) is 19.4. The highest BCUT2D eigenvalue weighted by molar-refractivity contribution is 5.91. The fraction of sp³-hybridized carbons (Fsp3) is 0.357. The summed E-state index contributed by atoms with van der Waals surface area (Å²) in [7, 11) is 0. The Morgan fingerprint density at radius 2 is 2.17 bits per heavy atom. The van der Waals surface area contributed by atoms with Crippen LogP contribution in [0.1, 0.15) is 13.8 Å². The molecule has 1 aromatic carbocycles. The van der Waals surface area contributed by atoms with Crippen LogP contribution >= 0.6 is 0 Å². The van der Waals surface area contributed by atoms with Crippen LogP contribution in [-0.2, 0) is 0 Å². The largest absolute Gasteiger partial charge is 0.354 e. The van der Waals surface area contributed by atoms with Gasteiger partial charge in [0.2, 0.25) is 0 Å². The molecule has 0 saturated carbocycles.